The molecule has 0 N–H and O–H groups in total. The van der Waals surface area contributed by atoms with Gasteiger partial charge in [0.1, 0.15) is 11.6 Å². The third-order valence-electron chi connectivity index (χ3n) is 4.97. The molecular formula is C22H24FN3O3. The maximum absolute atomic E-state index is 14.3. The van der Waals surface area contributed by atoms with E-state index in [1.54, 1.807) is 19.4 Å². The molecule has 29 heavy (non-hydrogen) atoms. The van der Waals surface area contributed by atoms with E-state index in [0.29, 0.717) is 30.2 Å². The number of halogens is 1. The first kappa shape index (κ1) is 19.3. The number of fused-ring (bicyclic) bond motifs is 1. The van der Waals surface area contributed by atoms with Crippen LogP contribution >= 0.6 is 0 Å². The number of methoxy groups -OCH3 is 1. The molecule has 3 aromatic rings. The highest BCUT2D eigenvalue weighted by molar-refractivity contribution is 5.51. The van der Waals surface area contributed by atoms with Crippen LogP contribution in [0.2, 0.25) is 0 Å². The molecule has 2 heterocycles. The van der Waals surface area contributed by atoms with Crippen LogP contribution in [0.15, 0.2) is 55.1 Å². The lowest BCUT2D eigenvalue weighted by molar-refractivity contribution is 0.173. The summed E-state index contributed by atoms with van der Waals surface area (Å²) in [6.45, 7) is 2.98. The fraction of sp³-hybridized carbons (Fsp3) is 0.318. The van der Waals surface area contributed by atoms with Gasteiger partial charge in [-0.3, -0.25) is 4.90 Å². The van der Waals surface area contributed by atoms with Crippen molar-refractivity contribution in [2.24, 2.45) is 0 Å². The van der Waals surface area contributed by atoms with Crippen LogP contribution in [0.3, 0.4) is 0 Å². The van der Waals surface area contributed by atoms with Crippen molar-refractivity contribution in [3.8, 4) is 17.2 Å². The molecule has 0 bridgehead atoms. The van der Waals surface area contributed by atoms with E-state index in [0.717, 1.165) is 30.8 Å². The minimum atomic E-state index is -0.190. The highest BCUT2D eigenvalue weighted by atomic mass is 19.1. The number of hydrogen-bond acceptors (Lipinski definition) is 5. The fourth-order valence-electron chi connectivity index (χ4n) is 3.50. The lowest BCUT2D eigenvalue weighted by Gasteiger charge is -2.24. The molecule has 152 valence electrons. The number of benzene rings is 2. The standard InChI is InChI=1S/C22H24FN3O3/c1-27-20-12-22-21(28-16-29-22)11-18(20)14-26(9-4-8-25-10-7-24-15-25)13-17-5-2-3-6-19(17)23/h2-3,5-7,10-12,15H,4,8-9,13-14,16H2,1H3. The number of aryl methyl sites for hydroxylation is 1. The zero-order valence-corrected chi connectivity index (χ0v) is 16.4. The maximum atomic E-state index is 14.3. The number of imidazole rings is 1. The zero-order valence-electron chi connectivity index (χ0n) is 16.4. The summed E-state index contributed by atoms with van der Waals surface area (Å²) in [5.74, 6) is 1.95. The largest absolute Gasteiger partial charge is 0.496 e. The molecule has 7 heteroatoms. The van der Waals surface area contributed by atoms with E-state index in [1.165, 1.54) is 6.07 Å². The van der Waals surface area contributed by atoms with Crippen molar-refractivity contribution >= 4 is 0 Å². The molecule has 6 nitrogen and oxygen atoms in total. The Morgan fingerprint density at radius 2 is 1.93 bits per heavy atom. The molecule has 0 atom stereocenters. The molecular weight excluding hydrogens is 373 g/mol. The Morgan fingerprint density at radius 3 is 2.69 bits per heavy atom. The summed E-state index contributed by atoms with van der Waals surface area (Å²) in [6, 6.07) is 10.7. The van der Waals surface area contributed by atoms with Gasteiger partial charge in [-0.05, 0) is 18.6 Å². The normalized spacial score (nSPS) is 12.5. The van der Waals surface area contributed by atoms with Crippen molar-refractivity contribution in [2.45, 2.75) is 26.1 Å². The van der Waals surface area contributed by atoms with Gasteiger partial charge in [0.15, 0.2) is 11.5 Å². The highest BCUT2D eigenvalue weighted by Crippen LogP contribution is 2.38. The van der Waals surface area contributed by atoms with E-state index in [2.05, 4.69) is 9.88 Å². The predicted octanol–water partition coefficient (Wildman–Crippen LogP) is 3.85. The second kappa shape index (κ2) is 8.96. The van der Waals surface area contributed by atoms with Gasteiger partial charge in [-0.25, -0.2) is 9.37 Å². The smallest absolute Gasteiger partial charge is 0.231 e. The Labute approximate surface area is 169 Å². The first-order valence-corrected chi connectivity index (χ1v) is 9.61. The molecule has 0 saturated carbocycles. The number of aromatic nitrogens is 2. The topological polar surface area (TPSA) is 48.8 Å². The van der Waals surface area contributed by atoms with E-state index in [1.807, 2.05) is 41.4 Å². The Morgan fingerprint density at radius 1 is 1.14 bits per heavy atom. The molecule has 0 radical (unpaired) electrons. The van der Waals surface area contributed by atoms with Crippen LogP contribution in [0.4, 0.5) is 4.39 Å². The minimum absolute atomic E-state index is 0.190. The second-order valence-electron chi connectivity index (χ2n) is 6.97. The quantitative estimate of drug-likeness (QED) is 0.549. The molecule has 0 spiro atoms. The Balaban J connectivity index is 1.52. The second-order valence-corrected chi connectivity index (χ2v) is 6.97. The van der Waals surface area contributed by atoms with Crippen molar-refractivity contribution in [3.05, 3.63) is 72.1 Å². The monoisotopic (exact) mass is 397 g/mol. The third kappa shape index (κ3) is 4.68. The molecule has 4 rings (SSSR count). The van der Waals surface area contributed by atoms with Crippen LogP contribution in [-0.4, -0.2) is 34.9 Å². The summed E-state index contributed by atoms with van der Waals surface area (Å²) in [5, 5.41) is 0. The Bertz CT molecular complexity index is 946. The summed E-state index contributed by atoms with van der Waals surface area (Å²) in [5.41, 5.74) is 1.66. The van der Waals surface area contributed by atoms with Crippen LogP contribution in [0.1, 0.15) is 17.5 Å². The van der Waals surface area contributed by atoms with Crippen LogP contribution in [0.5, 0.6) is 17.2 Å². The van der Waals surface area contributed by atoms with E-state index in [-0.39, 0.29) is 12.6 Å². The van der Waals surface area contributed by atoms with Crippen molar-refractivity contribution in [1.82, 2.24) is 14.5 Å². The van der Waals surface area contributed by atoms with Crippen molar-refractivity contribution in [3.63, 3.8) is 0 Å². The lowest BCUT2D eigenvalue weighted by Crippen LogP contribution is -2.25. The van der Waals surface area contributed by atoms with Gasteiger partial charge in [0.05, 0.1) is 13.4 Å². The molecule has 0 fully saturated rings. The molecule has 1 aliphatic heterocycles. The van der Waals surface area contributed by atoms with Crippen LogP contribution in [-0.2, 0) is 19.6 Å². The van der Waals surface area contributed by atoms with E-state index in [4.69, 9.17) is 14.2 Å². The fourth-order valence-corrected chi connectivity index (χ4v) is 3.50. The van der Waals surface area contributed by atoms with Gasteiger partial charge in [0.25, 0.3) is 0 Å². The number of ether oxygens (including phenoxy) is 3. The molecule has 0 saturated heterocycles. The number of hydrogen-bond donors (Lipinski definition) is 0. The van der Waals surface area contributed by atoms with Crippen LogP contribution < -0.4 is 14.2 Å². The van der Waals surface area contributed by atoms with Crippen molar-refractivity contribution in [2.75, 3.05) is 20.4 Å². The van der Waals surface area contributed by atoms with E-state index >= 15 is 0 Å². The summed E-state index contributed by atoms with van der Waals surface area (Å²) in [6.07, 6.45) is 6.44. The van der Waals surface area contributed by atoms with Gasteiger partial charge in [-0.1, -0.05) is 18.2 Å². The summed E-state index contributed by atoms with van der Waals surface area (Å²) in [4.78, 5) is 6.30. The van der Waals surface area contributed by atoms with Crippen LogP contribution in [0, 0.1) is 5.82 Å². The molecule has 2 aromatic carbocycles. The lowest BCUT2D eigenvalue weighted by atomic mass is 10.1. The van der Waals surface area contributed by atoms with E-state index in [9.17, 15) is 4.39 Å². The number of rotatable bonds is 9. The van der Waals surface area contributed by atoms with E-state index < -0.39 is 0 Å². The Kier molecular flexibility index (Phi) is 5.95. The highest BCUT2D eigenvalue weighted by Gasteiger charge is 2.20. The average molecular weight is 397 g/mol. The van der Waals surface area contributed by atoms with Crippen LogP contribution in [0.25, 0.3) is 0 Å². The molecule has 1 aliphatic rings. The molecule has 0 amide bonds. The van der Waals surface area contributed by atoms with Gasteiger partial charge in [-0.2, -0.15) is 0 Å². The summed E-state index contributed by atoms with van der Waals surface area (Å²) >= 11 is 0. The van der Waals surface area contributed by atoms with Gasteiger partial charge in [0, 0.05) is 55.8 Å². The third-order valence-corrected chi connectivity index (χ3v) is 4.97. The average Bonchev–Trinajstić information content (AvgIpc) is 3.40. The predicted molar refractivity (Wildman–Crippen MR) is 106 cm³/mol. The van der Waals surface area contributed by atoms with Gasteiger partial charge in [-0.15, -0.1) is 0 Å². The minimum Gasteiger partial charge on any atom is -0.496 e. The Hall–Kier alpha value is -3.06. The van der Waals surface area contributed by atoms with Gasteiger partial charge >= 0.3 is 0 Å². The molecule has 0 unspecified atom stereocenters. The van der Waals surface area contributed by atoms with Gasteiger partial charge < -0.3 is 18.8 Å². The number of nitrogens with zero attached hydrogens (tertiary/aromatic N) is 3. The molecule has 0 aliphatic carbocycles. The SMILES string of the molecule is COc1cc2c(cc1CN(CCCn1ccnc1)Cc1ccccc1F)OCO2. The maximum Gasteiger partial charge on any atom is 0.231 e. The molecule has 1 aromatic heterocycles. The first-order chi connectivity index (χ1) is 14.2. The van der Waals surface area contributed by atoms with Crippen molar-refractivity contribution < 1.29 is 18.6 Å². The summed E-state index contributed by atoms with van der Waals surface area (Å²) < 4.78 is 32.8. The van der Waals surface area contributed by atoms with Crippen molar-refractivity contribution in [1.29, 1.82) is 0 Å². The zero-order chi connectivity index (χ0) is 20.1. The summed E-state index contributed by atoms with van der Waals surface area (Å²) in [7, 11) is 1.64. The van der Waals surface area contributed by atoms with Gasteiger partial charge in [0.2, 0.25) is 6.79 Å². The first-order valence-electron chi connectivity index (χ1n) is 9.61.